The van der Waals surface area contributed by atoms with E-state index in [-0.39, 0.29) is 0 Å². The third-order valence-electron chi connectivity index (χ3n) is 2.86. The third-order valence-corrected chi connectivity index (χ3v) is 2.86. The Bertz CT molecular complexity index is 563. The van der Waals surface area contributed by atoms with Gasteiger partial charge in [0.15, 0.2) is 5.75 Å². The number of hydrogen-bond donors (Lipinski definition) is 1. The molecule has 2 heterocycles. The number of pyridine rings is 1. The Morgan fingerprint density at radius 1 is 1.35 bits per heavy atom. The molecule has 0 saturated heterocycles. The molecule has 5 heteroatoms. The van der Waals surface area contributed by atoms with Gasteiger partial charge >= 0.3 is 0 Å². The Labute approximate surface area is 120 Å². The standard InChI is InChI=1S/C15H22N4O/c1-11(2)6-16-7-13-8-17-12(3)5-15(13)20-14-9-18-19(4)10-14/h5,8-11,16H,6-7H2,1-4H3. The number of nitrogens with one attached hydrogen (secondary N) is 1. The third kappa shape index (κ3) is 4.06. The van der Waals surface area contributed by atoms with Crippen molar-refractivity contribution in [1.82, 2.24) is 20.1 Å². The topological polar surface area (TPSA) is 52.0 Å². The highest BCUT2D eigenvalue weighted by Gasteiger charge is 2.08. The molecule has 0 unspecified atom stereocenters. The van der Waals surface area contributed by atoms with Crippen molar-refractivity contribution in [3.63, 3.8) is 0 Å². The van der Waals surface area contributed by atoms with E-state index in [0.29, 0.717) is 5.92 Å². The highest BCUT2D eigenvalue weighted by atomic mass is 16.5. The number of ether oxygens (including phenoxy) is 1. The molecule has 0 amide bonds. The molecule has 2 rings (SSSR count). The zero-order valence-electron chi connectivity index (χ0n) is 12.6. The predicted octanol–water partition coefficient (Wildman–Crippen LogP) is 2.66. The van der Waals surface area contributed by atoms with Gasteiger partial charge in [-0.15, -0.1) is 0 Å². The van der Waals surface area contributed by atoms with Crippen LogP contribution in [0, 0.1) is 12.8 Å². The van der Waals surface area contributed by atoms with Crippen molar-refractivity contribution in [3.05, 3.63) is 35.9 Å². The number of hydrogen-bond acceptors (Lipinski definition) is 4. The summed E-state index contributed by atoms with van der Waals surface area (Å²) in [6, 6.07) is 1.96. The summed E-state index contributed by atoms with van der Waals surface area (Å²) in [7, 11) is 1.87. The van der Waals surface area contributed by atoms with Crippen LogP contribution < -0.4 is 10.1 Å². The van der Waals surface area contributed by atoms with Crippen molar-refractivity contribution in [3.8, 4) is 11.5 Å². The summed E-state index contributed by atoms with van der Waals surface area (Å²) in [5.74, 6) is 2.20. The van der Waals surface area contributed by atoms with Crippen LogP contribution in [-0.4, -0.2) is 21.3 Å². The second kappa shape index (κ2) is 6.52. The first-order valence-corrected chi connectivity index (χ1v) is 6.87. The molecule has 5 nitrogen and oxygen atoms in total. The van der Waals surface area contributed by atoms with E-state index >= 15 is 0 Å². The molecule has 0 spiro atoms. The van der Waals surface area contributed by atoms with E-state index in [4.69, 9.17) is 4.74 Å². The molecule has 0 aliphatic heterocycles. The predicted molar refractivity (Wildman–Crippen MR) is 78.8 cm³/mol. The van der Waals surface area contributed by atoms with Crippen LogP contribution in [0.1, 0.15) is 25.1 Å². The van der Waals surface area contributed by atoms with Crippen LogP contribution in [0.25, 0.3) is 0 Å². The van der Waals surface area contributed by atoms with Crippen LogP contribution in [0.2, 0.25) is 0 Å². The first kappa shape index (κ1) is 14.5. The number of aromatic nitrogens is 3. The highest BCUT2D eigenvalue weighted by molar-refractivity contribution is 5.36. The Morgan fingerprint density at radius 2 is 2.15 bits per heavy atom. The molecular weight excluding hydrogens is 252 g/mol. The fourth-order valence-corrected chi connectivity index (χ4v) is 1.86. The van der Waals surface area contributed by atoms with E-state index in [0.717, 1.165) is 35.8 Å². The molecule has 0 aliphatic rings. The van der Waals surface area contributed by atoms with Gasteiger partial charge in [0, 0.05) is 37.1 Å². The van der Waals surface area contributed by atoms with Gasteiger partial charge in [0.05, 0.1) is 12.4 Å². The second-order valence-corrected chi connectivity index (χ2v) is 5.41. The fraction of sp³-hybridized carbons (Fsp3) is 0.467. The number of nitrogens with zero attached hydrogens (tertiary/aromatic N) is 3. The van der Waals surface area contributed by atoms with Crippen LogP contribution in [-0.2, 0) is 13.6 Å². The van der Waals surface area contributed by atoms with Gasteiger partial charge in [-0.3, -0.25) is 9.67 Å². The molecule has 0 fully saturated rings. The summed E-state index contributed by atoms with van der Waals surface area (Å²) in [6.45, 7) is 8.06. The maximum absolute atomic E-state index is 5.91. The number of aryl methyl sites for hydroxylation is 2. The second-order valence-electron chi connectivity index (χ2n) is 5.41. The lowest BCUT2D eigenvalue weighted by atomic mass is 10.2. The van der Waals surface area contributed by atoms with Gasteiger partial charge in [-0.2, -0.15) is 5.10 Å². The zero-order chi connectivity index (χ0) is 14.5. The Hall–Kier alpha value is -1.88. The van der Waals surface area contributed by atoms with Gasteiger partial charge in [0.1, 0.15) is 5.75 Å². The molecule has 1 N–H and O–H groups in total. The smallest absolute Gasteiger partial charge is 0.165 e. The van der Waals surface area contributed by atoms with E-state index < -0.39 is 0 Å². The van der Waals surface area contributed by atoms with Crippen LogP contribution in [0.15, 0.2) is 24.7 Å². The van der Waals surface area contributed by atoms with E-state index in [1.807, 2.05) is 32.4 Å². The molecule has 2 aromatic rings. The van der Waals surface area contributed by atoms with E-state index in [2.05, 4.69) is 29.2 Å². The average molecular weight is 274 g/mol. The fourth-order valence-electron chi connectivity index (χ4n) is 1.86. The minimum absolute atomic E-state index is 0.621. The summed E-state index contributed by atoms with van der Waals surface area (Å²) in [6.07, 6.45) is 5.43. The monoisotopic (exact) mass is 274 g/mol. The molecular formula is C15H22N4O. The largest absolute Gasteiger partial charge is 0.454 e. The molecule has 0 radical (unpaired) electrons. The van der Waals surface area contributed by atoms with Crippen molar-refractivity contribution in [2.24, 2.45) is 13.0 Å². The molecule has 0 saturated carbocycles. The first-order chi connectivity index (χ1) is 9.54. The first-order valence-electron chi connectivity index (χ1n) is 6.87. The molecule has 0 aliphatic carbocycles. The van der Waals surface area contributed by atoms with Gasteiger partial charge in [-0.25, -0.2) is 0 Å². The maximum Gasteiger partial charge on any atom is 0.165 e. The maximum atomic E-state index is 5.91. The molecule has 0 aromatic carbocycles. The summed E-state index contributed by atoms with van der Waals surface area (Å²) in [4.78, 5) is 4.34. The quantitative estimate of drug-likeness (QED) is 0.880. The summed E-state index contributed by atoms with van der Waals surface area (Å²) in [5, 5.41) is 7.52. The number of rotatable bonds is 6. The molecule has 108 valence electrons. The van der Waals surface area contributed by atoms with Crippen molar-refractivity contribution >= 4 is 0 Å². The van der Waals surface area contributed by atoms with E-state index in [9.17, 15) is 0 Å². The van der Waals surface area contributed by atoms with Crippen LogP contribution >= 0.6 is 0 Å². The molecule has 0 bridgehead atoms. The Kier molecular flexibility index (Phi) is 4.74. The van der Waals surface area contributed by atoms with Gasteiger partial charge in [-0.1, -0.05) is 13.8 Å². The summed E-state index contributed by atoms with van der Waals surface area (Å²) in [5.41, 5.74) is 2.00. The SMILES string of the molecule is Cc1cc(Oc2cnn(C)c2)c(CNCC(C)C)cn1. The average Bonchev–Trinajstić information content (AvgIpc) is 2.77. The van der Waals surface area contributed by atoms with Gasteiger partial charge in [-0.05, 0) is 19.4 Å². The van der Waals surface area contributed by atoms with E-state index in [1.165, 1.54) is 0 Å². The Morgan fingerprint density at radius 3 is 2.80 bits per heavy atom. The Balaban J connectivity index is 2.11. The van der Waals surface area contributed by atoms with Gasteiger partial charge < -0.3 is 10.1 Å². The lowest BCUT2D eigenvalue weighted by molar-refractivity contribution is 0.467. The van der Waals surface area contributed by atoms with Crippen LogP contribution in [0.4, 0.5) is 0 Å². The van der Waals surface area contributed by atoms with Crippen molar-refractivity contribution < 1.29 is 4.74 Å². The van der Waals surface area contributed by atoms with E-state index in [1.54, 1.807) is 10.9 Å². The highest BCUT2D eigenvalue weighted by Crippen LogP contribution is 2.25. The van der Waals surface area contributed by atoms with Crippen LogP contribution in [0.5, 0.6) is 11.5 Å². The van der Waals surface area contributed by atoms with Gasteiger partial charge in [0.25, 0.3) is 0 Å². The minimum atomic E-state index is 0.621. The zero-order valence-corrected chi connectivity index (χ0v) is 12.6. The van der Waals surface area contributed by atoms with Crippen molar-refractivity contribution in [2.45, 2.75) is 27.3 Å². The van der Waals surface area contributed by atoms with Crippen molar-refractivity contribution in [2.75, 3.05) is 6.54 Å². The lowest BCUT2D eigenvalue weighted by Gasteiger charge is -2.12. The molecule has 20 heavy (non-hydrogen) atoms. The van der Waals surface area contributed by atoms with Gasteiger partial charge in [0.2, 0.25) is 0 Å². The lowest BCUT2D eigenvalue weighted by Crippen LogP contribution is -2.19. The summed E-state index contributed by atoms with van der Waals surface area (Å²) >= 11 is 0. The van der Waals surface area contributed by atoms with Crippen LogP contribution in [0.3, 0.4) is 0 Å². The molecule has 2 aromatic heterocycles. The normalized spacial score (nSPS) is 11.1. The minimum Gasteiger partial charge on any atom is -0.454 e. The molecule has 0 atom stereocenters. The van der Waals surface area contributed by atoms with Crippen molar-refractivity contribution in [1.29, 1.82) is 0 Å². The summed E-state index contributed by atoms with van der Waals surface area (Å²) < 4.78 is 7.63.